The van der Waals surface area contributed by atoms with Gasteiger partial charge in [0.25, 0.3) is 15.9 Å². The average Bonchev–Trinajstić information content (AvgIpc) is 2.80. The zero-order valence-corrected chi connectivity index (χ0v) is 19.2. The van der Waals surface area contributed by atoms with Gasteiger partial charge in [-0.25, -0.2) is 13.2 Å². The number of carbonyl (C=O) groups excluding carboxylic acids is 2. The fourth-order valence-corrected chi connectivity index (χ4v) is 4.04. The first-order chi connectivity index (χ1) is 15.7. The van der Waals surface area contributed by atoms with Crippen LogP contribution in [0, 0.1) is 13.8 Å². The lowest BCUT2D eigenvalue weighted by molar-refractivity contribution is -0.118. The maximum atomic E-state index is 12.7. The maximum absolute atomic E-state index is 12.7. The van der Waals surface area contributed by atoms with E-state index in [1.807, 2.05) is 26.0 Å². The van der Waals surface area contributed by atoms with Crippen molar-refractivity contribution in [1.29, 1.82) is 0 Å². The van der Waals surface area contributed by atoms with Crippen molar-refractivity contribution in [3.63, 3.8) is 0 Å². The zero-order valence-electron chi connectivity index (χ0n) is 18.4. The van der Waals surface area contributed by atoms with E-state index < -0.39 is 21.9 Å². The predicted octanol–water partition coefficient (Wildman–Crippen LogP) is 3.91. The number of sulfonamides is 1. The first kappa shape index (κ1) is 23.8. The molecule has 0 aliphatic rings. The minimum atomic E-state index is -3.77. The van der Waals surface area contributed by atoms with Crippen molar-refractivity contribution in [2.24, 2.45) is 0 Å². The van der Waals surface area contributed by atoms with Crippen LogP contribution >= 0.6 is 0 Å². The molecule has 0 bridgehead atoms. The molecule has 2 N–H and O–H groups in total. The van der Waals surface area contributed by atoms with Crippen LogP contribution in [0.1, 0.15) is 21.5 Å². The Morgan fingerprint density at radius 3 is 2.21 bits per heavy atom. The van der Waals surface area contributed by atoms with E-state index in [2.05, 4.69) is 14.8 Å². The van der Waals surface area contributed by atoms with Crippen LogP contribution in [0.5, 0.6) is 5.75 Å². The average molecular weight is 469 g/mol. The summed E-state index contributed by atoms with van der Waals surface area (Å²) in [6.07, 6.45) is 0. The number of nitrogens with one attached hydrogen (secondary N) is 2. The second-order valence-corrected chi connectivity index (χ2v) is 8.98. The lowest BCUT2D eigenvalue weighted by Gasteiger charge is -2.12. The maximum Gasteiger partial charge on any atom is 0.337 e. The van der Waals surface area contributed by atoms with Gasteiger partial charge in [0.1, 0.15) is 5.75 Å². The summed E-state index contributed by atoms with van der Waals surface area (Å²) in [6.45, 7) is 3.44. The Balaban J connectivity index is 1.57. The van der Waals surface area contributed by atoms with Gasteiger partial charge in [0.05, 0.1) is 23.3 Å². The van der Waals surface area contributed by atoms with Crippen LogP contribution in [0.2, 0.25) is 0 Å². The molecule has 0 radical (unpaired) electrons. The van der Waals surface area contributed by atoms with Gasteiger partial charge >= 0.3 is 5.97 Å². The molecule has 0 aromatic heterocycles. The number of anilines is 2. The first-order valence-electron chi connectivity index (χ1n) is 9.99. The Morgan fingerprint density at radius 2 is 1.58 bits per heavy atom. The summed E-state index contributed by atoms with van der Waals surface area (Å²) in [5.41, 5.74) is 3.14. The first-order valence-corrected chi connectivity index (χ1v) is 11.5. The van der Waals surface area contributed by atoms with E-state index in [1.54, 1.807) is 18.2 Å². The molecule has 0 unspecified atom stereocenters. The standard InChI is InChI=1S/C24H24N2O6S/c1-16-4-5-17(2)22(14-16)26-33(29,30)21-12-10-20(11-13-21)32-15-23(27)25-19-8-6-18(7-9-19)24(28)31-3/h4-14,26H,15H2,1-3H3,(H,25,27). The number of benzene rings is 3. The van der Waals surface area contributed by atoms with E-state index >= 15 is 0 Å². The molecule has 0 heterocycles. The van der Waals surface area contributed by atoms with Crippen molar-refractivity contribution in [3.05, 3.63) is 83.4 Å². The van der Waals surface area contributed by atoms with Gasteiger partial charge < -0.3 is 14.8 Å². The molecule has 8 nitrogen and oxygen atoms in total. The normalized spacial score (nSPS) is 10.9. The van der Waals surface area contributed by atoms with Crippen molar-refractivity contribution in [3.8, 4) is 5.75 Å². The van der Waals surface area contributed by atoms with E-state index in [-0.39, 0.29) is 11.5 Å². The van der Waals surface area contributed by atoms with E-state index in [0.29, 0.717) is 22.7 Å². The SMILES string of the molecule is COC(=O)c1ccc(NC(=O)COc2ccc(S(=O)(=O)Nc3cc(C)ccc3C)cc2)cc1. The third kappa shape index (κ3) is 6.33. The second kappa shape index (κ2) is 10.2. The van der Waals surface area contributed by atoms with Gasteiger partial charge in [-0.2, -0.15) is 0 Å². The van der Waals surface area contributed by atoms with Crippen molar-refractivity contribution >= 4 is 33.3 Å². The number of hydrogen-bond acceptors (Lipinski definition) is 6. The van der Waals surface area contributed by atoms with Gasteiger partial charge in [-0.15, -0.1) is 0 Å². The number of hydrogen-bond donors (Lipinski definition) is 2. The zero-order chi connectivity index (χ0) is 24.0. The fraction of sp³-hybridized carbons (Fsp3) is 0.167. The van der Waals surface area contributed by atoms with E-state index in [4.69, 9.17) is 4.74 Å². The van der Waals surface area contributed by atoms with Crippen molar-refractivity contribution in [1.82, 2.24) is 0 Å². The summed E-state index contributed by atoms with van der Waals surface area (Å²) in [6, 6.07) is 17.5. The Hall–Kier alpha value is -3.85. The second-order valence-electron chi connectivity index (χ2n) is 7.30. The van der Waals surface area contributed by atoms with Crippen molar-refractivity contribution in [2.75, 3.05) is 23.8 Å². The Kier molecular flexibility index (Phi) is 7.34. The summed E-state index contributed by atoms with van der Waals surface area (Å²) in [7, 11) is -2.48. The highest BCUT2D eigenvalue weighted by Gasteiger charge is 2.16. The van der Waals surface area contributed by atoms with Crippen LogP contribution in [-0.2, 0) is 19.6 Å². The molecule has 3 aromatic carbocycles. The molecule has 33 heavy (non-hydrogen) atoms. The van der Waals surface area contributed by atoms with Crippen LogP contribution in [0.15, 0.2) is 71.6 Å². The van der Waals surface area contributed by atoms with Gasteiger partial charge in [-0.1, -0.05) is 12.1 Å². The summed E-state index contributed by atoms with van der Waals surface area (Å²) in [4.78, 5) is 23.6. The third-order valence-electron chi connectivity index (χ3n) is 4.73. The molecular formula is C24H24N2O6S. The molecule has 0 atom stereocenters. The summed E-state index contributed by atoms with van der Waals surface area (Å²) >= 11 is 0. The van der Waals surface area contributed by atoms with Crippen LogP contribution in [0.3, 0.4) is 0 Å². The van der Waals surface area contributed by atoms with Crippen LogP contribution in [0.4, 0.5) is 11.4 Å². The number of ether oxygens (including phenoxy) is 2. The monoisotopic (exact) mass is 468 g/mol. The fourth-order valence-electron chi connectivity index (χ4n) is 2.92. The Labute approximate surface area is 192 Å². The number of aryl methyl sites for hydroxylation is 2. The molecule has 3 rings (SSSR count). The summed E-state index contributed by atoms with van der Waals surface area (Å²) in [5, 5.41) is 2.65. The number of methoxy groups -OCH3 is 1. The lowest BCUT2D eigenvalue weighted by Crippen LogP contribution is -2.20. The van der Waals surface area contributed by atoms with E-state index in [9.17, 15) is 18.0 Å². The molecule has 172 valence electrons. The van der Waals surface area contributed by atoms with Crippen LogP contribution in [-0.4, -0.2) is 34.0 Å². The number of rotatable bonds is 8. The molecule has 0 aliphatic heterocycles. The van der Waals surface area contributed by atoms with Crippen molar-refractivity contribution < 1.29 is 27.5 Å². The number of amides is 1. The van der Waals surface area contributed by atoms with E-state index in [1.165, 1.54) is 43.5 Å². The molecule has 0 saturated carbocycles. The smallest absolute Gasteiger partial charge is 0.337 e. The quantitative estimate of drug-likeness (QED) is 0.485. The van der Waals surface area contributed by atoms with Gasteiger partial charge in [0, 0.05) is 5.69 Å². The van der Waals surface area contributed by atoms with Gasteiger partial charge in [-0.05, 0) is 79.6 Å². The number of carbonyl (C=O) groups is 2. The summed E-state index contributed by atoms with van der Waals surface area (Å²) in [5.74, 6) is -0.531. The van der Waals surface area contributed by atoms with Crippen LogP contribution < -0.4 is 14.8 Å². The summed E-state index contributed by atoms with van der Waals surface area (Å²) < 4.78 is 38.0. The number of esters is 1. The molecule has 0 spiro atoms. The molecular weight excluding hydrogens is 444 g/mol. The van der Waals surface area contributed by atoms with Gasteiger partial charge in [-0.3, -0.25) is 9.52 Å². The molecule has 9 heteroatoms. The minimum absolute atomic E-state index is 0.0749. The largest absolute Gasteiger partial charge is 0.484 e. The highest BCUT2D eigenvalue weighted by atomic mass is 32.2. The third-order valence-corrected chi connectivity index (χ3v) is 6.11. The molecule has 0 fully saturated rings. The van der Waals surface area contributed by atoms with Crippen LogP contribution in [0.25, 0.3) is 0 Å². The highest BCUT2D eigenvalue weighted by molar-refractivity contribution is 7.92. The lowest BCUT2D eigenvalue weighted by atomic mass is 10.1. The van der Waals surface area contributed by atoms with Gasteiger partial charge in [0.2, 0.25) is 0 Å². The Morgan fingerprint density at radius 1 is 0.909 bits per heavy atom. The predicted molar refractivity (Wildman–Crippen MR) is 125 cm³/mol. The molecule has 0 saturated heterocycles. The highest BCUT2D eigenvalue weighted by Crippen LogP contribution is 2.22. The molecule has 0 aliphatic carbocycles. The van der Waals surface area contributed by atoms with Gasteiger partial charge in [0.15, 0.2) is 6.61 Å². The van der Waals surface area contributed by atoms with Crippen molar-refractivity contribution in [2.45, 2.75) is 18.7 Å². The molecule has 3 aromatic rings. The molecule has 1 amide bonds. The topological polar surface area (TPSA) is 111 Å². The van der Waals surface area contributed by atoms with E-state index in [0.717, 1.165) is 11.1 Å². The Bertz CT molecular complexity index is 1250. The minimum Gasteiger partial charge on any atom is -0.484 e.